The van der Waals surface area contributed by atoms with Crippen molar-refractivity contribution in [2.75, 3.05) is 5.73 Å². The largest absolute Gasteiger partial charge is 0.394 e. The number of benzene rings is 1. The summed E-state index contributed by atoms with van der Waals surface area (Å²) in [5, 5.41) is 6.34. The number of nitrogens with one attached hydrogen (secondary N) is 1. The smallest absolute Gasteiger partial charge is 0.287 e. The summed E-state index contributed by atoms with van der Waals surface area (Å²) in [5.41, 5.74) is 8.27. The monoisotopic (exact) mass is 229 g/mol. The molecule has 4 nitrogen and oxygen atoms in total. The summed E-state index contributed by atoms with van der Waals surface area (Å²) in [4.78, 5) is 11.1. The lowest BCUT2D eigenvalue weighted by Crippen LogP contribution is -2.13. The first kappa shape index (κ1) is 11.4. The third-order valence-electron chi connectivity index (χ3n) is 2.71. The van der Waals surface area contributed by atoms with Crippen LogP contribution in [0.25, 0.3) is 11.3 Å². The van der Waals surface area contributed by atoms with Gasteiger partial charge in [0.2, 0.25) is 0 Å². The van der Waals surface area contributed by atoms with E-state index in [0.29, 0.717) is 11.6 Å². The van der Waals surface area contributed by atoms with E-state index < -0.39 is 0 Å². The molecule has 2 aromatic rings. The first-order valence-electron chi connectivity index (χ1n) is 5.53. The van der Waals surface area contributed by atoms with Crippen LogP contribution in [0.15, 0.2) is 35.1 Å². The molecular weight excluding hydrogens is 214 g/mol. The quantitative estimate of drug-likeness (QED) is 0.828. The van der Waals surface area contributed by atoms with E-state index in [-0.39, 0.29) is 11.2 Å². The van der Waals surface area contributed by atoms with E-state index >= 15 is 0 Å². The molecule has 0 aliphatic rings. The molecule has 1 heterocycles. The average Bonchev–Trinajstić information content (AvgIpc) is 2.33. The summed E-state index contributed by atoms with van der Waals surface area (Å²) in [6, 6.07) is 9.67. The number of anilines is 1. The highest BCUT2D eigenvalue weighted by molar-refractivity contribution is 5.62. The van der Waals surface area contributed by atoms with Crippen molar-refractivity contribution in [3.8, 4) is 11.3 Å². The molecule has 0 fully saturated rings. The molecule has 3 N–H and O–H groups in total. The van der Waals surface area contributed by atoms with Crippen LogP contribution in [0.4, 0.5) is 5.69 Å². The second-order valence-electron chi connectivity index (χ2n) is 4.31. The zero-order valence-electron chi connectivity index (χ0n) is 9.90. The SMILES string of the molecule is CC(C)c1ccc(-c2cc(N)c(=O)[nH]n2)cc1. The predicted octanol–water partition coefficient (Wildman–Crippen LogP) is 2.14. The molecule has 0 aliphatic heterocycles. The Bertz CT molecular complexity index is 570. The second-order valence-corrected chi connectivity index (χ2v) is 4.31. The van der Waals surface area contributed by atoms with Gasteiger partial charge in [0.15, 0.2) is 0 Å². The minimum Gasteiger partial charge on any atom is -0.394 e. The van der Waals surface area contributed by atoms with Crippen LogP contribution >= 0.6 is 0 Å². The van der Waals surface area contributed by atoms with E-state index in [0.717, 1.165) is 5.56 Å². The minimum atomic E-state index is -0.354. The van der Waals surface area contributed by atoms with Crippen molar-refractivity contribution in [1.82, 2.24) is 10.2 Å². The van der Waals surface area contributed by atoms with Gasteiger partial charge in [0.1, 0.15) is 5.69 Å². The zero-order chi connectivity index (χ0) is 12.4. The average molecular weight is 229 g/mol. The van der Waals surface area contributed by atoms with Gasteiger partial charge < -0.3 is 5.73 Å². The van der Waals surface area contributed by atoms with Crippen LogP contribution in [0.5, 0.6) is 0 Å². The molecule has 0 unspecified atom stereocenters. The van der Waals surface area contributed by atoms with Crippen LogP contribution in [-0.4, -0.2) is 10.2 Å². The first-order valence-corrected chi connectivity index (χ1v) is 5.53. The van der Waals surface area contributed by atoms with Crippen LogP contribution in [-0.2, 0) is 0 Å². The number of hydrogen-bond donors (Lipinski definition) is 2. The van der Waals surface area contributed by atoms with Gasteiger partial charge in [-0.25, -0.2) is 5.10 Å². The van der Waals surface area contributed by atoms with Gasteiger partial charge in [0, 0.05) is 5.56 Å². The fourth-order valence-electron chi connectivity index (χ4n) is 1.61. The highest BCUT2D eigenvalue weighted by atomic mass is 16.1. The molecule has 1 aromatic carbocycles. The number of nitrogens with two attached hydrogens (primary N) is 1. The van der Waals surface area contributed by atoms with Crippen molar-refractivity contribution in [2.24, 2.45) is 0 Å². The fraction of sp³-hybridized carbons (Fsp3) is 0.231. The van der Waals surface area contributed by atoms with E-state index in [1.807, 2.05) is 12.1 Å². The molecule has 0 atom stereocenters. The summed E-state index contributed by atoms with van der Waals surface area (Å²) in [6.07, 6.45) is 0. The number of H-pyrrole nitrogens is 1. The van der Waals surface area contributed by atoms with E-state index in [9.17, 15) is 4.79 Å². The van der Waals surface area contributed by atoms with Gasteiger partial charge in [0.05, 0.1) is 5.69 Å². The first-order chi connectivity index (χ1) is 8.08. The lowest BCUT2D eigenvalue weighted by atomic mass is 10.0. The van der Waals surface area contributed by atoms with Gasteiger partial charge in [-0.1, -0.05) is 38.1 Å². The molecule has 0 aliphatic carbocycles. The van der Waals surface area contributed by atoms with Gasteiger partial charge >= 0.3 is 0 Å². The highest BCUT2D eigenvalue weighted by Crippen LogP contribution is 2.20. The molecule has 0 saturated carbocycles. The summed E-state index contributed by atoms with van der Waals surface area (Å²) < 4.78 is 0. The van der Waals surface area contributed by atoms with E-state index in [4.69, 9.17) is 5.73 Å². The van der Waals surface area contributed by atoms with Crippen LogP contribution in [0.2, 0.25) is 0 Å². The van der Waals surface area contributed by atoms with Crippen molar-refractivity contribution in [3.63, 3.8) is 0 Å². The van der Waals surface area contributed by atoms with Crippen molar-refractivity contribution in [2.45, 2.75) is 19.8 Å². The van der Waals surface area contributed by atoms with E-state index in [1.165, 1.54) is 5.56 Å². The Labute approximate surface area is 99.5 Å². The minimum absolute atomic E-state index is 0.183. The highest BCUT2D eigenvalue weighted by Gasteiger charge is 2.04. The molecule has 0 bridgehead atoms. The Morgan fingerprint density at radius 3 is 2.41 bits per heavy atom. The Kier molecular flexibility index (Phi) is 2.95. The summed E-state index contributed by atoms with van der Waals surface area (Å²) in [5.74, 6) is 0.498. The van der Waals surface area contributed by atoms with E-state index in [1.54, 1.807) is 6.07 Å². The lowest BCUT2D eigenvalue weighted by molar-refractivity contribution is 0.867. The maximum Gasteiger partial charge on any atom is 0.287 e. The van der Waals surface area contributed by atoms with Crippen LogP contribution < -0.4 is 11.3 Å². The van der Waals surface area contributed by atoms with E-state index in [2.05, 4.69) is 36.2 Å². The Balaban J connectivity index is 2.39. The fourth-order valence-corrected chi connectivity index (χ4v) is 1.61. The Hall–Kier alpha value is -2.10. The van der Waals surface area contributed by atoms with Crippen LogP contribution in [0.3, 0.4) is 0 Å². The number of aromatic nitrogens is 2. The molecule has 0 amide bonds. The Morgan fingerprint density at radius 1 is 1.24 bits per heavy atom. The molecule has 0 spiro atoms. The molecule has 0 radical (unpaired) electrons. The van der Waals surface area contributed by atoms with Crippen molar-refractivity contribution >= 4 is 5.69 Å². The van der Waals surface area contributed by atoms with Crippen molar-refractivity contribution < 1.29 is 0 Å². The topological polar surface area (TPSA) is 71.8 Å². The zero-order valence-corrected chi connectivity index (χ0v) is 9.90. The summed E-state index contributed by atoms with van der Waals surface area (Å²) >= 11 is 0. The predicted molar refractivity (Wildman–Crippen MR) is 68.8 cm³/mol. The van der Waals surface area contributed by atoms with Crippen molar-refractivity contribution in [1.29, 1.82) is 0 Å². The van der Waals surface area contributed by atoms with Gasteiger partial charge in [-0.15, -0.1) is 0 Å². The molecule has 1 aromatic heterocycles. The van der Waals surface area contributed by atoms with Crippen LogP contribution in [0, 0.1) is 0 Å². The number of nitrogens with zero attached hydrogens (tertiary/aromatic N) is 1. The normalized spacial score (nSPS) is 10.8. The lowest BCUT2D eigenvalue weighted by Gasteiger charge is -2.06. The molecule has 4 heteroatoms. The standard InChI is InChI=1S/C13H15N3O/c1-8(2)9-3-5-10(6-4-9)12-7-11(14)13(17)16-15-12/h3-8H,1-2H3,(H2,14,15)(H,16,17). The van der Waals surface area contributed by atoms with Crippen LogP contribution in [0.1, 0.15) is 25.3 Å². The maximum atomic E-state index is 11.1. The number of aromatic amines is 1. The summed E-state index contributed by atoms with van der Waals surface area (Å²) in [7, 11) is 0. The van der Waals surface area contributed by atoms with Gasteiger partial charge in [-0.2, -0.15) is 5.10 Å². The molecular formula is C13H15N3O. The molecule has 2 rings (SSSR count). The van der Waals surface area contributed by atoms with Crippen molar-refractivity contribution in [3.05, 3.63) is 46.2 Å². The molecule has 0 saturated heterocycles. The van der Waals surface area contributed by atoms with Gasteiger partial charge in [-0.3, -0.25) is 4.79 Å². The number of nitrogen functional groups attached to an aromatic ring is 1. The number of hydrogen-bond acceptors (Lipinski definition) is 3. The molecule has 17 heavy (non-hydrogen) atoms. The third-order valence-corrected chi connectivity index (χ3v) is 2.71. The van der Waals surface area contributed by atoms with Gasteiger partial charge in [-0.05, 0) is 17.5 Å². The van der Waals surface area contributed by atoms with Gasteiger partial charge in [0.25, 0.3) is 5.56 Å². The summed E-state index contributed by atoms with van der Waals surface area (Å²) in [6.45, 7) is 4.29. The molecule has 88 valence electrons. The number of rotatable bonds is 2. The Morgan fingerprint density at radius 2 is 1.88 bits per heavy atom. The second kappa shape index (κ2) is 4.41. The maximum absolute atomic E-state index is 11.1. The third kappa shape index (κ3) is 2.36.